The lowest BCUT2D eigenvalue weighted by atomic mass is 10.0. The topological polar surface area (TPSA) is 41.5 Å². The highest BCUT2D eigenvalue weighted by Gasteiger charge is 2.23. The molecule has 1 amide bonds. The first-order chi connectivity index (χ1) is 11.1. The summed E-state index contributed by atoms with van der Waals surface area (Å²) >= 11 is 0. The maximum Gasteiger partial charge on any atom is 0.255 e. The van der Waals surface area contributed by atoms with Gasteiger partial charge >= 0.3 is 0 Å². The highest BCUT2D eigenvalue weighted by molar-refractivity contribution is 6.12. The molecule has 0 aliphatic rings. The molecule has 1 rings (SSSR count). The van der Waals surface area contributed by atoms with E-state index in [1.165, 1.54) is 39.1 Å². The Morgan fingerprint density at radius 3 is 2.50 bits per heavy atom. The standard InChI is InChI=1S/C19H24F2N2O/c1-7-13-10-16(15(20)9-12(13)3)23-18(24)14(8-2)11-17(22-6)19(4,5)21/h8-11H,2,7H2,1,3-6H3,(H,23,24)/b14-11+,22-17?. The molecule has 130 valence electrons. The molecule has 0 fully saturated rings. The van der Waals surface area contributed by atoms with Crippen LogP contribution >= 0.6 is 0 Å². The number of hydrogen-bond acceptors (Lipinski definition) is 2. The van der Waals surface area contributed by atoms with Gasteiger partial charge in [-0.2, -0.15) is 0 Å². The zero-order valence-electron chi connectivity index (χ0n) is 14.8. The Balaban J connectivity index is 3.15. The Kier molecular flexibility index (Phi) is 6.58. The largest absolute Gasteiger partial charge is 0.319 e. The number of aryl methyl sites for hydroxylation is 2. The molecule has 1 N–H and O–H groups in total. The van der Waals surface area contributed by atoms with Gasteiger partial charge in [-0.25, -0.2) is 8.78 Å². The number of carbonyl (C=O) groups is 1. The number of nitrogens with one attached hydrogen (secondary N) is 1. The first-order valence-corrected chi connectivity index (χ1v) is 7.74. The second kappa shape index (κ2) is 7.99. The number of alkyl halides is 1. The van der Waals surface area contributed by atoms with E-state index in [-0.39, 0.29) is 17.0 Å². The molecule has 0 heterocycles. The van der Waals surface area contributed by atoms with Crippen molar-refractivity contribution in [3.63, 3.8) is 0 Å². The summed E-state index contributed by atoms with van der Waals surface area (Å²) in [5.74, 6) is -1.09. The van der Waals surface area contributed by atoms with Crippen LogP contribution in [-0.4, -0.2) is 24.3 Å². The van der Waals surface area contributed by atoms with Crippen LogP contribution in [0.4, 0.5) is 14.5 Å². The Bertz CT molecular complexity index is 698. The van der Waals surface area contributed by atoms with Crippen molar-refractivity contribution in [3.05, 3.63) is 53.4 Å². The quantitative estimate of drug-likeness (QED) is 0.462. The molecule has 1 aromatic rings. The van der Waals surface area contributed by atoms with Gasteiger partial charge in [0.2, 0.25) is 0 Å². The summed E-state index contributed by atoms with van der Waals surface area (Å²) in [7, 11) is 1.44. The lowest BCUT2D eigenvalue weighted by Crippen LogP contribution is -2.26. The van der Waals surface area contributed by atoms with E-state index in [0.29, 0.717) is 0 Å². The average Bonchev–Trinajstić information content (AvgIpc) is 2.49. The zero-order valence-corrected chi connectivity index (χ0v) is 14.8. The number of hydrogen-bond donors (Lipinski definition) is 1. The van der Waals surface area contributed by atoms with Crippen LogP contribution in [-0.2, 0) is 11.2 Å². The maximum absolute atomic E-state index is 14.1. The molecule has 1 aromatic carbocycles. The summed E-state index contributed by atoms with van der Waals surface area (Å²) < 4.78 is 28.1. The average molecular weight is 334 g/mol. The van der Waals surface area contributed by atoms with Crippen molar-refractivity contribution in [1.82, 2.24) is 0 Å². The number of benzene rings is 1. The molecule has 0 aliphatic carbocycles. The van der Waals surface area contributed by atoms with E-state index in [0.717, 1.165) is 17.5 Å². The van der Waals surface area contributed by atoms with Crippen LogP contribution in [0.1, 0.15) is 31.9 Å². The van der Waals surface area contributed by atoms with Crippen LogP contribution in [0.25, 0.3) is 0 Å². The van der Waals surface area contributed by atoms with Gasteiger partial charge in [0.05, 0.1) is 11.4 Å². The van der Waals surface area contributed by atoms with E-state index in [1.54, 1.807) is 6.07 Å². The van der Waals surface area contributed by atoms with Gasteiger partial charge in [0.1, 0.15) is 11.5 Å². The van der Waals surface area contributed by atoms with Crippen molar-refractivity contribution >= 4 is 17.3 Å². The molecule has 0 saturated carbocycles. The van der Waals surface area contributed by atoms with Crippen molar-refractivity contribution in [2.24, 2.45) is 4.99 Å². The molecular weight excluding hydrogens is 310 g/mol. The van der Waals surface area contributed by atoms with E-state index < -0.39 is 17.4 Å². The molecule has 0 unspecified atom stereocenters. The number of carbonyl (C=O) groups excluding carboxylic acids is 1. The maximum atomic E-state index is 14.1. The van der Waals surface area contributed by atoms with E-state index in [9.17, 15) is 13.6 Å². The van der Waals surface area contributed by atoms with Crippen molar-refractivity contribution < 1.29 is 13.6 Å². The highest BCUT2D eigenvalue weighted by Crippen LogP contribution is 2.21. The second-order valence-electron chi connectivity index (χ2n) is 5.95. The summed E-state index contributed by atoms with van der Waals surface area (Å²) in [5.41, 5.74) is 0.368. The van der Waals surface area contributed by atoms with E-state index in [2.05, 4.69) is 16.9 Å². The minimum atomic E-state index is -1.70. The minimum Gasteiger partial charge on any atom is -0.319 e. The fourth-order valence-corrected chi connectivity index (χ4v) is 2.26. The van der Waals surface area contributed by atoms with Gasteiger partial charge in [0.15, 0.2) is 0 Å². The van der Waals surface area contributed by atoms with Crippen molar-refractivity contribution in [2.75, 3.05) is 12.4 Å². The van der Waals surface area contributed by atoms with Gasteiger partial charge in [-0.05, 0) is 56.5 Å². The third kappa shape index (κ3) is 4.85. The Hall–Kier alpha value is -2.30. The van der Waals surface area contributed by atoms with Gasteiger partial charge in [0, 0.05) is 12.6 Å². The Morgan fingerprint density at radius 2 is 2.04 bits per heavy atom. The molecule has 0 radical (unpaired) electrons. The van der Waals surface area contributed by atoms with Crippen molar-refractivity contribution in [2.45, 2.75) is 39.8 Å². The van der Waals surface area contributed by atoms with Gasteiger partial charge in [-0.3, -0.25) is 9.79 Å². The minimum absolute atomic E-state index is 0.0877. The van der Waals surface area contributed by atoms with Crippen LogP contribution in [0.3, 0.4) is 0 Å². The molecule has 0 atom stereocenters. The third-order valence-corrected chi connectivity index (χ3v) is 3.68. The van der Waals surface area contributed by atoms with Gasteiger partial charge < -0.3 is 5.32 Å². The van der Waals surface area contributed by atoms with E-state index in [1.807, 2.05) is 13.8 Å². The highest BCUT2D eigenvalue weighted by atomic mass is 19.1. The first-order valence-electron chi connectivity index (χ1n) is 7.74. The molecule has 3 nitrogen and oxygen atoms in total. The van der Waals surface area contributed by atoms with Gasteiger partial charge in [-0.15, -0.1) is 0 Å². The number of anilines is 1. The molecule has 0 aliphatic heterocycles. The molecule has 0 bridgehead atoms. The normalized spacial score (nSPS) is 13.0. The summed E-state index contributed by atoms with van der Waals surface area (Å²) in [6.07, 6.45) is 3.33. The zero-order chi connectivity index (χ0) is 18.5. The predicted octanol–water partition coefficient (Wildman–Crippen LogP) is 4.57. The van der Waals surface area contributed by atoms with E-state index in [4.69, 9.17) is 0 Å². The van der Waals surface area contributed by atoms with Crippen LogP contribution in [0.5, 0.6) is 0 Å². The van der Waals surface area contributed by atoms with Crippen molar-refractivity contribution in [3.8, 4) is 0 Å². The predicted molar refractivity (Wildman–Crippen MR) is 96.0 cm³/mol. The number of halogens is 2. The van der Waals surface area contributed by atoms with E-state index >= 15 is 0 Å². The Labute approximate surface area is 142 Å². The number of amides is 1. The SMILES string of the molecule is C=C/C(=C\C(=NC)C(C)(C)F)C(=O)Nc1cc(CC)c(C)cc1F. The number of aliphatic imine (C=N–C) groups is 1. The number of rotatable bonds is 6. The molecule has 0 spiro atoms. The fraction of sp³-hybridized carbons (Fsp3) is 0.368. The third-order valence-electron chi connectivity index (χ3n) is 3.68. The lowest BCUT2D eigenvalue weighted by Gasteiger charge is -2.15. The monoisotopic (exact) mass is 334 g/mol. The summed E-state index contributed by atoms with van der Waals surface area (Å²) in [5, 5.41) is 2.51. The number of allylic oxidation sites excluding steroid dienone is 1. The van der Waals surface area contributed by atoms with Crippen LogP contribution < -0.4 is 5.32 Å². The summed E-state index contributed by atoms with van der Waals surface area (Å²) in [4.78, 5) is 16.2. The van der Waals surface area contributed by atoms with Gasteiger partial charge in [-0.1, -0.05) is 19.6 Å². The molecule has 24 heavy (non-hydrogen) atoms. The number of nitrogens with zero attached hydrogens (tertiary/aromatic N) is 1. The molecule has 0 saturated heterocycles. The first kappa shape index (κ1) is 19.7. The summed E-state index contributed by atoms with van der Waals surface area (Å²) in [6.45, 7) is 10.0. The van der Waals surface area contributed by atoms with Crippen LogP contribution in [0.15, 0.2) is 41.4 Å². The summed E-state index contributed by atoms with van der Waals surface area (Å²) in [6, 6.07) is 2.99. The molecule has 5 heteroatoms. The van der Waals surface area contributed by atoms with Gasteiger partial charge in [0.25, 0.3) is 5.91 Å². The molecular formula is C19H24F2N2O. The Morgan fingerprint density at radius 1 is 1.42 bits per heavy atom. The lowest BCUT2D eigenvalue weighted by molar-refractivity contribution is -0.112. The second-order valence-corrected chi connectivity index (χ2v) is 5.95. The van der Waals surface area contributed by atoms with Crippen LogP contribution in [0, 0.1) is 12.7 Å². The molecule has 0 aromatic heterocycles. The fourth-order valence-electron chi connectivity index (χ4n) is 2.26. The van der Waals surface area contributed by atoms with Crippen molar-refractivity contribution in [1.29, 1.82) is 0 Å². The van der Waals surface area contributed by atoms with Crippen LogP contribution in [0.2, 0.25) is 0 Å². The smallest absolute Gasteiger partial charge is 0.255 e.